The summed E-state index contributed by atoms with van der Waals surface area (Å²) in [5.74, 6) is 0. The number of halogens is 21. The molecule has 10 nitrogen and oxygen atoms in total. The fraction of sp³-hybridized carbons (Fsp3) is 0.520. The van der Waals surface area contributed by atoms with E-state index in [1.54, 1.807) is 0 Å². The van der Waals surface area contributed by atoms with Crippen molar-refractivity contribution in [1.82, 2.24) is 0 Å². The van der Waals surface area contributed by atoms with Gasteiger partial charge in [-0.15, -0.1) is 0 Å². The van der Waals surface area contributed by atoms with Gasteiger partial charge in [-0.25, -0.2) is 0 Å². The Hall–Kier alpha value is -5.47. The van der Waals surface area contributed by atoms with E-state index in [2.05, 4.69) is 0 Å². The number of nitrogen functional groups attached to an aromatic ring is 3. The molecule has 81 heavy (non-hydrogen) atoms. The zero-order chi connectivity index (χ0) is 64.5. The van der Waals surface area contributed by atoms with Gasteiger partial charge < -0.3 is 52.9 Å². The van der Waals surface area contributed by atoms with E-state index in [0.29, 0.717) is 51.9 Å². The van der Waals surface area contributed by atoms with Crippen LogP contribution in [0.4, 0.5) is 109 Å². The van der Waals surface area contributed by atoms with Crippen LogP contribution in [0.2, 0.25) is 0 Å². The number of benzene rings is 3. The molecule has 0 heterocycles. The van der Waals surface area contributed by atoms with Crippen LogP contribution in [0.25, 0.3) is 16.7 Å². The van der Waals surface area contributed by atoms with Gasteiger partial charge in [0.05, 0.1) is 0 Å². The van der Waals surface area contributed by atoms with E-state index in [9.17, 15) is 128 Å². The number of hydrogen-bond acceptors (Lipinski definition) is 10. The topological polar surface area (TPSA) is 220 Å². The molecule has 0 radical (unpaired) electrons. The Morgan fingerprint density at radius 1 is 0.370 bits per heavy atom. The first-order valence-electron chi connectivity index (χ1n) is 22.7. The lowest BCUT2D eigenvalue weighted by molar-refractivity contribution is -0.258. The maximum absolute atomic E-state index is 13.3. The first-order valence-corrected chi connectivity index (χ1v) is 22.7. The van der Waals surface area contributed by atoms with Gasteiger partial charge in [-0.1, -0.05) is 18.2 Å². The molecule has 3 aromatic carbocycles. The summed E-state index contributed by atoms with van der Waals surface area (Å²) in [4.78, 5) is 0. The van der Waals surface area contributed by atoms with E-state index < -0.39 is 135 Å². The molecule has 462 valence electrons. The van der Waals surface area contributed by atoms with E-state index in [-0.39, 0.29) is 54.5 Å². The Bertz CT molecular complexity index is 2720. The average Bonchev–Trinajstić information content (AvgIpc) is 3.22. The minimum atomic E-state index is -5.37. The van der Waals surface area contributed by atoms with Gasteiger partial charge in [-0.2, -0.15) is 92.2 Å². The highest BCUT2D eigenvalue weighted by Crippen LogP contribution is 2.47. The minimum Gasteiger partial charge on any atom is -0.399 e. The smallest absolute Gasteiger partial charge is 0.399 e. The molecule has 3 aromatic rings. The number of aryl methyl sites for hydroxylation is 2. The van der Waals surface area contributed by atoms with Crippen molar-refractivity contribution in [3.8, 4) is 0 Å². The number of rotatable bonds is 13. The predicted molar refractivity (Wildman–Crippen MR) is 256 cm³/mol. The number of alkyl halides is 21. The molecule has 0 aliphatic heterocycles. The standard InChI is InChI=1S/C19H22F9NO3.C16H19F6NO2.C15H17F6NO2/c1-9-5-10(6-12(13(9)29)16(4,32)19(26,27)28)11(7-14(2,30)17(20,21)22)8-15(3,31)18(23,24)25;1-9-6-10(4-5-12(9)23)11(7-13(2,24)15(17,18)19)8-14(3,25)16(20,21)22;1-12(23,14(16,17)18)7-10(8-13(2,24)15(19,20)21)9-3-5-11(22)6-4-9/h5-7,30-32H,8,29H2,1-4H3;4-7,24-25H,8,23H2,1-3H3;3-7,23-24H,8,22H2,1-2H3/b2*11-7+;10-7+. The largest absolute Gasteiger partial charge is 0.421 e. The van der Waals surface area contributed by atoms with Crippen molar-refractivity contribution in [1.29, 1.82) is 0 Å². The van der Waals surface area contributed by atoms with Gasteiger partial charge in [-0.3, -0.25) is 0 Å². The number of hydrogen-bond donors (Lipinski definition) is 10. The van der Waals surface area contributed by atoms with Crippen LogP contribution in [-0.4, -0.2) is 113 Å². The molecule has 7 atom stereocenters. The normalized spacial score (nSPS) is 19.1. The molecular formula is C50H58F21N3O7. The predicted octanol–water partition coefficient (Wildman–Crippen LogP) is 12.4. The summed E-state index contributed by atoms with van der Waals surface area (Å²) in [7, 11) is 0. The van der Waals surface area contributed by atoms with E-state index in [4.69, 9.17) is 17.2 Å². The third-order valence-electron chi connectivity index (χ3n) is 12.3. The molecule has 0 saturated heterocycles. The molecular weight excluding hydrogens is 1150 g/mol. The van der Waals surface area contributed by atoms with Gasteiger partial charge in [0, 0.05) is 41.9 Å². The summed E-state index contributed by atoms with van der Waals surface area (Å²) in [5, 5.41) is 67.9. The van der Waals surface area contributed by atoms with Crippen molar-refractivity contribution in [2.75, 3.05) is 17.2 Å². The van der Waals surface area contributed by atoms with Crippen LogP contribution in [-0.2, 0) is 5.60 Å². The number of aliphatic hydroxyl groups is 7. The summed E-state index contributed by atoms with van der Waals surface area (Å²) >= 11 is 0. The average molecular weight is 1210 g/mol. The first-order chi connectivity index (χ1) is 35.4. The fourth-order valence-corrected chi connectivity index (χ4v) is 6.50. The van der Waals surface area contributed by atoms with E-state index >= 15 is 0 Å². The van der Waals surface area contributed by atoms with Crippen molar-refractivity contribution in [2.24, 2.45) is 0 Å². The molecule has 0 spiro atoms. The van der Waals surface area contributed by atoms with Gasteiger partial charge in [-0.05, 0) is 161 Å². The van der Waals surface area contributed by atoms with Crippen molar-refractivity contribution in [2.45, 2.75) is 164 Å². The van der Waals surface area contributed by atoms with Crippen LogP contribution < -0.4 is 17.2 Å². The molecule has 3 rings (SSSR count). The Morgan fingerprint density at radius 3 is 0.938 bits per heavy atom. The first kappa shape index (κ1) is 73.5. The molecule has 0 aliphatic rings. The monoisotopic (exact) mass is 1210 g/mol. The Kier molecular flexibility index (Phi) is 21.8. The van der Waals surface area contributed by atoms with Gasteiger partial charge in [0.25, 0.3) is 0 Å². The lowest BCUT2D eigenvalue weighted by Gasteiger charge is -2.32. The fourth-order valence-electron chi connectivity index (χ4n) is 6.50. The number of nitrogens with two attached hydrogens (primary N) is 3. The minimum absolute atomic E-state index is 0.0132. The Morgan fingerprint density at radius 2 is 0.654 bits per heavy atom. The van der Waals surface area contributed by atoms with E-state index in [1.807, 2.05) is 0 Å². The Labute approximate surface area is 448 Å². The summed E-state index contributed by atoms with van der Waals surface area (Å²) in [6.45, 7) is 5.14. The van der Waals surface area contributed by atoms with Gasteiger partial charge in [0.1, 0.15) is 0 Å². The molecule has 31 heteroatoms. The van der Waals surface area contributed by atoms with Crippen molar-refractivity contribution < 1.29 is 128 Å². The van der Waals surface area contributed by atoms with E-state index in [1.165, 1.54) is 49.4 Å². The van der Waals surface area contributed by atoms with Crippen LogP contribution in [0.3, 0.4) is 0 Å². The van der Waals surface area contributed by atoms with Crippen molar-refractivity contribution in [3.05, 3.63) is 106 Å². The Balaban J connectivity index is 0.000000616. The van der Waals surface area contributed by atoms with Gasteiger partial charge in [0.15, 0.2) is 39.2 Å². The molecule has 0 fully saturated rings. The lowest BCUT2D eigenvalue weighted by atomic mass is 9.84. The van der Waals surface area contributed by atoms with Crippen LogP contribution in [0.5, 0.6) is 0 Å². The van der Waals surface area contributed by atoms with Crippen LogP contribution in [0.15, 0.2) is 72.8 Å². The molecule has 13 N–H and O–H groups in total. The number of anilines is 3. The van der Waals surface area contributed by atoms with Gasteiger partial charge in [0.2, 0.25) is 0 Å². The highest BCUT2D eigenvalue weighted by Gasteiger charge is 2.56. The van der Waals surface area contributed by atoms with E-state index in [0.717, 1.165) is 13.0 Å². The molecule has 7 unspecified atom stereocenters. The maximum Gasteiger partial charge on any atom is 0.421 e. The summed E-state index contributed by atoms with van der Waals surface area (Å²) in [6, 6.07) is 10.2. The van der Waals surface area contributed by atoms with Crippen LogP contribution in [0, 0.1) is 13.8 Å². The third kappa shape index (κ3) is 18.8. The molecule has 0 aromatic heterocycles. The molecule has 0 saturated carbocycles. The second kappa shape index (κ2) is 24.0. The molecule has 0 bridgehead atoms. The third-order valence-corrected chi connectivity index (χ3v) is 12.3. The van der Waals surface area contributed by atoms with Crippen LogP contribution >= 0.6 is 0 Å². The SMILES string of the molecule is CC(O)(/C=C(\CC(C)(O)C(F)(F)F)c1ccc(N)cc1)C(F)(F)F.Cc1cc(/C(=C/C(C)(O)C(F)(F)F)CC(C)(O)C(F)(F)F)cc(C(C)(O)C(F)(F)F)c1N.Cc1cc(/C(=C/C(C)(O)C(F)(F)F)CC(C)(O)C(F)(F)F)ccc1N. The molecule has 0 amide bonds. The summed E-state index contributed by atoms with van der Waals surface area (Å²) < 4.78 is 274. The summed E-state index contributed by atoms with van der Waals surface area (Å²) in [6.07, 6.45) is -39.8. The zero-order valence-electron chi connectivity index (χ0n) is 43.8. The van der Waals surface area contributed by atoms with Crippen LogP contribution in [0.1, 0.15) is 101 Å². The lowest BCUT2D eigenvalue weighted by Crippen LogP contribution is -2.43. The summed E-state index contributed by atoms with van der Waals surface area (Å²) in [5.41, 5.74) is -11.1. The quantitative estimate of drug-likeness (QED) is 0.0576. The highest BCUT2D eigenvalue weighted by molar-refractivity contribution is 5.73. The van der Waals surface area contributed by atoms with Crippen molar-refractivity contribution >= 4 is 33.8 Å². The second-order valence-corrected chi connectivity index (χ2v) is 20.3. The van der Waals surface area contributed by atoms with Crippen molar-refractivity contribution in [3.63, 3.8) is 0 Å². The maximum atomic E-state index is 13.3. The molecule has 0 aliphatic carbocycles. The highest BCUT2D eigenvalue weighted by atomic mass is 19.4. The zero-order valence-corrected chi connectivity index (χ0v) is 43.8. The second-order valence-electron chi connectivity index (χ2n) is 20.3. The van der Waals surface area contributed by atoms with Gasteiger partial charge >= 0.3 is 43.2 Å².